The summed E-state index contributed by atoms with van der Waals surface area (Å²) in [7, 11) is -3.72. The average molecular weight is 499 g/mol. The summed E-state index contributed by atoms with van der Waals surface area (Å²) in [4.78, 5) is 15.4. The number of anilines is 2. The number of hydrogen-bond acceptors (Lipinski definition) is 7. The molecule has 0 radical (unpaired) electrons. The van der Waals surface area contributed by atoms with E-state index in [1.54, 1.807) is 43.3 Å². The van der Waals surface area contributed by atoms with Crippen molar-refractivity contribution in [2.45, 2.75) is 37.2 Å². The monoisotopic (exact) mass is 498 g/mol. The first-order valence-corrected chi connectivity index (χ1v) is 13.3. The van der Waals surface area contributed by atoms with Crippen molar-refractivity contribution in [2.24, 2.45) is 0 Å². The lowest BCUT2D eigenvalue weighted by molar-refractivity contribution is -0.122. The number of benzene rings is 2. The molecule has 0 aliphatic carbocycles. The third kappa shape index (κ3) is 5.93. The van der Waals surface area contributed by atoms with E-state index in [2.05, 4.69) is 10.2 Å². The van der Waals surface area contributed by atoms with Gasteiger partial charge in [0.2, 0.25) is 10.0 Å². The summed E-state index contributed by atoms with van der Waals surface area (Å²) in [6, 6.07) is 13.6. The number of carbonyl (C=O) groups excluding carboxylic acids is 1. The molecule has 2 fully saturated rings. The Morgan fingerprint density at radius 2 is 1.83 bits per heavy atom. The van der Waals surface area contributed by atoms with Gasteiger partial charge in [-0.3, -0.25) is 4.79 Å². The second kappa shape index (κ2) is 11.1. The van der Waals surface area contributed by atoms with Crippen LogP contribution in [-0.2, 0) is 19.6 Å². The number of nitrogens with zero attached hydrogens (tertiary/aromatic N) is 3. The third-order valence-electron chi connectivity index (χ3n) is 6.18. The topological polar surface area (TPSA) is 112 Å². The van der Waals surface area contributed by atoms with E-state index >= 15 is 0 Å². The Labute approximate surface area is 206 Å². The van der Waals surface area contributed by atoms with Crippen molar-refractivity contribution < 1.29 is 22.7 Å². The molecule has 35 heavy (non-hydrogen) atoms. The van der Waals surface area contributed by atoms with Crippen LogP contribution in [0.25, 0.3) is 0 Å². The second-order valence-electron chi connectivity index (χ2n) is 8.63. The van der Waals surface area contributed by atoms with Gasteiger partial charge >= 0.3 is 0 Å². The van der Waals surface area contributed by atoms with Crippen molar-refractivity contribution in [3.05, 3.63) is 48.0 Å². The predicted octanol–water partition coefficient (Wildman–Crippen LogP) is 2.98. The van der Waals surface area contributed by atoms with Crippen molar-refractivity contribution in [3.63, 3.8) is 0 Å². The van der Waals surface area contributed by atoms with Crippen LogP contribution in [0, 0.1) is 11.3 Å². The number of nitriles is 1. The van der Waals surface area contributed by atoms with Gasteiger partial charge in [0, 0.05) is 26.2 Å². The normalized spacial score (nSPS) is 17.9. The van der Waals surface area contributed by atoms with E-state index in [0.717, 1.165) is 38.0 Å². The van der Waals surface area contributed by atoms with Crippen LogP contribution in [0.1, 0.15) is 31.7 Å². The molecule has 2 aromatic rings. The van der Waals surface area contributed by atoms with Crippen LogP contribution < -0.4 is 15.0 Å². The molecule has 2 heterocycles. The highest BCUT2D eigenvalue weighted by Gasteiger charge is 2.28. The fraction of sp³-hybridized carbons (Fsp3) is 0.440. The number of sulfonamides is 1. The molecule has 1 amide bonds. The van der Waals surface area contributed by atoms with Gasteiger partial charge in [-0.15, -0.1) is 0 Å². The van der Waals surface area contributed by atoms with Crippen molar-refractivity contribution in [3.8, 4) is 11.8 Å². The van der Waals surface area contributed by atoms with Gasteiger partial charge < -0.3 is 19.7 Å². The number of carbonyl (C=O) groups is 1. The lowest BCUT2D eigenvalue weighted by atomic mass is 10.1. The molecular weight excluding hydrogens is 468 g/mol. The van der Waals surface area contributed by atoms with Crippen molar-refractivity contribution >= 4 is 27.3 Å². The summed E-state index contributed by atoms with van der Waals surface area (Å²) in [6.45, 7) is 4.60. The number of amides is 1. The molecule has 1 N–H and O–H groups in total. The summed E-state index contributed by atoms with van der Waals surface area (Å²) in [5.41, 5.74) is 1.66. The molecule has 1 atom stereocenters. The molecule has 2 aliphatic heterocycles. The molecule has 2 aliphatic rings. The molecular formula is C25H30N4O5S. The van der Waals surface area contributed by atoms with Crippen molar-refractivity contribution in [1.82, 2.24) is 4.31 Å². The summed E-state index contributed by atoms with van der Waals surface area (Å²) in [5, 5.41) is 12.0. The molecule has 1 unspecified atom stereocenters. The molecule has 0 spiro atoms. The quantitative estimate of drug-likeness (QED) is 0.625. The maximum atomic E-state index is 13.2. The molecule has 186 valence electrons. The van der Waals surface area contributed by atoms with E-state index in [-0.39, 0.29) is 4.90 Å². The number of nitrogens with one attached hydrogen (secondary N) is 1. The molecule has 10 heteroatoms. The van der Waals surface area contributed by atoms with E-state index in [4.69, 9.17) is 14.7 Å². The van der Waals surface area contributed by atoms with Gasteiger partial charge in [-0.05, 0) is 62.6 Å². The van der Waals surface area contributed by atoms with Crippen LogP contribution >= 0.6 is 0 Å². The van der Waals surface area contributed by atoms with Crippen LogP contribution in [0.15, 0.2) is 47.4 Å². The van der Waals surface area contributed by atoms with Gasteiger partial charge in [0.15, 0.2) is 6.10 Å². The summed E-state index contributed by atoms with van der Waals surface area (Å²) >= 11 is 0. The largest absolute Gasteiger partial charge is 0.481 e. The zero-order valence-corrected chi connectivity index (χ0v) is 20.6. The smallest absolute Gasteiger partial charge is 0.265 e. The first-order chi connectivity index (χ1) is 16.9. The number of morpholine rings is 1. The summed E-state index contributed by atoms with van der Waals surface area (Å²) < 4.78 is 38.9. The molecule has 0 aromatic heterocycles. The maximum Gasteiger partial charge on any atom is 0.265 e. The Hall–Kier alpha value is -3.13. The standard InChI is InChI=1S/C25H30N4O5S/c1-19(34-21-7-5-6-20(16-21)18-26)25(30)27-23-17-22(35(31,32)29-12-14-33-15-13-29)8-9-24(23)28-10-3-2-4-11-28/h5-9,16-17,19H,2-4,10-15H2,1H3,(H,27,30). The number of rotatable bonds is 7. The minimum atomic E-state index is -3.72. The minimum absolute atomic E-state index is 0.130. The predicted molar refractivity (Wildman–Crippen MR) is 132 cm³/mol. The van der Waals surface area contributed by atoms with Gasteiger partial charge in [0.1, 0.15) is 5.75 Å². The van der Waals surface area contributed by atoms with Gasteiger partial charge in [-0.1, -0.05) is 6.07 Å². The third-order valence-corrected chi connectivity index (χ3v) is 8.07. The van der Waals surface area contributed by atoms with Gasteiger partial charge in [-0.25, -0.2) is 8.42 Å². The highest BCUT2D eigenvalue weighted by atomic mass is 32.2. The lowest BCUT2D eigenvalue weighted by Gasteiger charge is -2.31. The van der Waals surface area contributed by atoms with E-state index in [1.165, 1.54) is 10.4 Å². The van der Waals surface area contributed by atoms with Crippen LogP contribution in [0.3, 0.4) is 0 Å². The van der Waals surface area contributed by atoms with Crippen LogP contribution in [0.2, 0.25) is 0 Å². The first-order valence-electron chi connectivity index (χ1n) is 11.8. The fourth-order valence-electron chi connectivity index (χ4n) is 4.25. The number of ether oxygens (including phenoxy) is 2. The zero-order valence-electron chi connectivity index (χ0n) is 19.8. The maximum absolute atomic E-state index is 13.2. The van der Waals surface area contributed by atoms with Crippen molar-refractivity contribution in [2.75, 3.05) is 49.6 Å². The molecule has 0 saturated carbocycles. The average Bonchev–Trinajstić information content (AvgIpc) is 2.89. The van der Waals surface area contributed by atoms with Crippen molar-refractivity contribution in [1.29, 1.82) is 5.26 Å². The van der Waals surface area contributed by atoms with Crippen LogP contribution in [0.5, 0.6) is 5.75 Å². The summed E-state index contributed by atoms with van der Waals surface area (Å²) in [6.07, 6.45) is 2.36. The molecule has 9 nitrogen and oxygen atoms in total. The van der Waals surface area contributed by atoms with Crippen LogP contribution in [0.4, 0.5) is 11.4 Å². The SMILES string of the molecule is CC(Oc1cccc(C#N)c1)C(=O)Nc1cc(S(=O)(=O)N2CCOCC2)ccc1N1CCCCC1. The van der Waals surface area contributed by atoms with Crippen LogP contribution in [-0.4, -0.2) is 64.1 Å². The van der Waals surface area contributed by atoms with Gasteiger partial charge in [0.05, 0.1) is 41.1 Å². The number of piperidine rings is 1. The Morgan fingerprint density at radius 3 is 2.54 bits per heavy atom. The Kier molecular flexibility index (Phi) is 7.90. The van der Waals surface area contributed by atoms with Gasteiger partial charge in [0.25, 0.3) is 5.91 Å². The molecule has 0 bridgehead atoms. The summed E-state index contributed by atoms with van der Waals surface area (Å²) in [5.74, 6) is -0.00172. The lowest BCUT2D eigenvalue weighted by Crippen LogP contribution is -2.40. The molecule has 2 saturated heterocycles. The highest BCUT2D eigenvalue weighted by molar-refractivity contribution is 7.89. The van der Waals surface area contributed by atoms with E-state index in [0.29, 0.717) is 43.3 Å². The second-order valence-corrected chi connectivity index (χ2v) is 10.6. The highest BCUT2D eigenvalue weighted by Crippen LogP contribution is 2.32. The minimum Gasteiger partial charge on any atom is -0.481 e. The molecule has 2 aromatic carbocycles. The van der Waals surface area contributed by atoms with E-state index in [1.807, 2.05) is 6.07 Å². The Morgan fingerprint density at radius 1 is 1.09 bits per heavy atom. The fourth-order valence-corrected chi connectivity index (χ4v) is 5.69. The van der Waals surface area contributed by atoms with Gasteiger partial charge in [-0.2, -0.15) is 9.57 Å². The number of hydrogen-bond donors (Lipinski definition) is 1. The Balaban J connectivity index is 1.59. The Bertz CT molecular complexity index is 1200. The first kappa shape index (κ1) is 25.0. The zero-order chi connectivity index (χ0) is 24.8. The molecule has 4 rings (SSSR count). The van der Waals surface area contributed by atoms with E-state index < -0.39 is 22.0 Å². The van der Waals surface area contributed by atoms with E-state index in [9.17, 15) is 13.2 Å².